The molecule has 1 saturated carbocycles. The van der Waals surface area contributed by atoms with E-state index in [4.69, 9.17) is 0 Å². The Morgan fingerprint density at radius 1 is 1.38 bits per heavy atom. The molecule has 1 aliphatic rings. The Labute approximate surface area is 95.7 Å². The summed E-state index contributed by atoms with van der Waals surface area (Å²) in [5.74, 6) is 0.345. The molecule has 0 spiro atoms. The zero-order chi connectivity index (χ0) is 11.7. The first kappa shape index (κ1) is 11.3. The summed E-state index contributed by atoms with van der Waals surface area (Å²) in [7, 11) is 0. The Bertz CT molecular complexity index is 411. The largest absolute Gasteiger partial charge is 0.294 e. The Morgan fingerprint density at radius 3 is 2.75 bits per heavy atom. The molecule has 2 atom stereocenters. The molecule has 0 saturated heterocycles. The molecule has 86 valence electrons. The number of benzene rings is 1. The fourth-order valence-corrected chi connectivity index (χ4v) is 2.59. The lowest BCUT2D eigenvalue weighted by atomic mass is 9.88. The number of hydrogen-bond donors (Lipinski definition) is 0. The van der Waals surface area contributed by atoms with Crippen molar-refractivity contribution in [3.8, 4) is 0 Å². The molecular formula is C14H17FO. The van der Waals surface area contributed by atoms with Gasteiger partial charge in [-0.3, -0.25) is 4.79 Å². The topological polar surface area (TPSA) is 17.1 Å². The molecule has 0 aliphatic heterocycles. The number of carbonyl (C=O) groups excluding carboxylic acids is 1. The van der Waals surface area contributed by atoms with Crippen LogP contribution < -0.4 is 0 Å². The minimum atomic E-state index is -0.320. The molecule has 0 radical (unpaired) electrons. The van der Waals surface area contributed by atoms with Crippen LogP contribution in [0.5, 0.6) is 0 Å². The van der Waals surface area contributed by atoms with E-state index in [0.29, 0.717) is 11.5 Å². The van der Waals surface area contributed by atoms with Gasteiger partial charge in [0.2, 0.25) is 0 Å². The van der Waals surface area contributed by atoms with Gasteiger partial charge >= 0.3 is 0 Å². The summed E-state index contributed by atoms with van der Waals surface area (Å²) in [5, 5.41) is 0. The van der Waals surface area contributed by atoms with Crippen LogP contribution in [-0.2, 0) is 0 Å². The average molecular weight is 220 g/mol. The summed E-state index contributed by atoms with van der Waals surface area (Å²) < 4.78 is 13.1. The zero-order valence-electron chi connectivity index (χ0n) is 9.79. The fraction of sp³-hybridized carbons (Fsp3) is 0.500. The summed E-state index contributed by atoms with van der Waals surface area (Å²) >= 11 is 0. The molecule has 16 heavy (non-hydrogen) atoms. The molecule has 1 fully saturated rings. The number of halogens is 1. The van der Waals surface area contributed by atoms with Gasteiger partial charge in [-0.15, -0.1) is 0 Å². The molecular weight excluding hydrogens is 203 g/mol. The lowest BCUT2D eigenvalue weighted by molar-refractivity contribution is 0.0896. The van der Waals surface area contributed by atoms with E-state index in [1.165, 1.54) is 12.1 Å². The quantitative estimate of drug-likeness (QED) is 0.694. The van der Waals surface area contributed by atoms with Crippen molar-refractivity contribution in [2.75, 3.05) is 0 Å². The number of carbonyl (C=O) groups is 1. The van der Waals surface area contributed by atoms with Crippen molar-refractivity contribution in [1.29, 1.82) is 0 Å². The molecule has 0 N–H and O–H groups in total. The third-order valence-electron chi connectivity index (χ3n) is 3.66. The van der Waals surface area contributed by atoms with Crippen molar-refractivity contribution in [2.24, 2.45) is 11.8 Å². The van der Waals surface area contributed by atoms with Gasteiger partial charge < -0.3 is 0 Å². The van der Waals surface area contributed by atoms with Crippen LogP contribution >= 0.6 is 0 Å². The first-order chi connectivity index (χ1) is 7.59. The van der Waals surface area contributed by atoms with Crippen LogP contribution in [0.25, 0.3) is 0 Å². The standard InChI is InChI=1S/C14H17FO/c1-9-4-3-5-12(9)14(16)13-8-11(15)7-6-10(13)2/h6-9,12H,3-5H2,1-2H3. The smallest absolute Gasteiger partial charge is 0.166 e. The molecule has 1 aromatic rings. The second-order valence-corrected chi connectivity index (χ2v) is 4.84. The van der Waals surface area contributed by atoms with E-state index in [1.807, 2.05) is 6.92 Å². The normalized spacial score (nSPS) is 24.7. The van der Waals surface area contributed by atoms with Gasteiger partial charge in [0.15, 0.2) is 5.78 Å². The number of aryl methyl sites for hydroxylation is 1. The third kappa shape index (κ3) is 2.01. The minimum absolute atomic E-state index is 0.0977. The van der Waals surface area contributed by atoms with E-state index >= 15 is 0 Å². The van der Waals surface area contributed by atoms with Crippen molar-refractivity contribution >= 4 is 5.78 Å². The Balaban J connectivity index is 2.29. The third-order valence-corrected chi connectivity index (χ3v) is 3.66. The molecule has 0 amide bonds. The highest BCUT2D eigenvalue weighted by atomic mass is 19.1. The summed E-state index contributed by atoms with van der Waals surface area (Å²) in [6, 6.07) is 4.47. The number of ketones is 1. The van der Waals surface area contributed by atoms with Crippen molar-refractivity contribution < 1.29 is 9.18 Å². The van der Waals surface area contributed by atoms with Crippen molar-refractivity contribution in [3.63, 3.8) is 0 Å². The van der Waals surface area contributed by atoms with E-state index in [-0.39, 0.29) is 17.5 Å². The maximum Gasteiger partial charge on any atom is 0.166 e. The van der Waals surface area contributed by atoms with Crippen LogP contribution in [0.4, 0.5) is 4.39 Å². The van der Waals surface area contributed by atoms with Crippen molar-refractivity contribution in [3.05, 3.63) is 35.1 Å². The van der Waals surface area contributed by atoms with Gasteiger partial charge in [-0.1, -0.05) is 19.4 Å². The van der Waals surface area contributed by atoms with Crippen LogP contribution in [-0.4, -0.2) is 5.78 Å². The SMILES string of the molecule is Cc1ccc(F)cc1C(=O)C1CCCC1C. The lowest BCUT2D eigenvalue weighted by Crippen LogP contribution is -2.18. The predicted octanol–water partition coefficient (Wildman–Crippen LogP) is 3.75. The van der Waals surface area contributed by atoms with Crippen molar-refractivity contribution in [1.82, 2.24) is 0 Å². The highest BCUT2D eigenvalue weighted by Crippen LogP contribution is 2.34. The number of rotatable bonds is 2. The highest BCUT2D eigenvalue weighted by molar-refractivity contribution is 5.99. The Morgan fingerprint density at radius 2 is 2.12 bits per heavy atom. The number of hydrogen-bond acceptors (Lipinski definition) is 1. The van der Waals surface area contributed by atoms with E-state index in [1.54, 1.807) is 6.07 Å². The average Bonchev–Trinajstić information content (AvgIpc) is 2.67. The highest BCUT2D eigenvalue weighted by Gasteiger charge is 2.30. The maximum absolute atomic E-state index is 13.1. The van der Waals surface area contributed by atoms with E-state index in [9.17, 15) is 9.18 Å². The maximum atomic E-state index is 13.1. The first-order valence-corrected chi connectivity index (χ1v) is 5.90. The van der Waals surface area contributed by atoms with Crippen LogP contribution in [0.3, 0.4) is 0 Å². The van der Waals surface area contributed by atoms with Crippen LogP contribution in [0.15, 0.2) is 18.2 Å². The van der Waals surface area contributed by atoms with Crippen LogP contribution in [0, 0.1) is 24.6 Å². The van der Waals surface area contributed by atoms with Gasteiger partial charge in [0.25, 0.3) is 0 Å². The van der Waals surface area contributed by atoms with Gasteiger partial charge in [-0.2, -0.15) is 0 Å². The molecule has 0 heterocycles. The molecule has 2 rings (SSSR count). The second kappa shape index (κ2) is 4.36. The fourth-order valence-electron chi connectivity index (χ4n) is 2.59. The lowest BCUT2D eigenvalue weighted by Gasteiger charge is -2.15. The van der Waals surface area contributed by atoms with Gasteiger partial charge in [0, 0.05) is 11.5 Å². The van der Waals surface area contributed by atoms with Gasteiger partial charge in [-0.25, -0.2) is 4.39 Å². The second-order valence-electron chi connectivity index (χ2n) is 4.84. The van der Waals surface area contributed by atoms with E-state index in [0.717, 1.165) is 24.8 Å². The zero-order valence-corrected chi connectivity index (χ0v) is 9.79. The summed E-state index contributed by atoms with van der Waals surface area (Å²) in [6.07, 6.45) is 3.19. The van der Waals surface area contributed by atoms with E-state index in [2.05, 4.69) is 6.92 Å². The molecule has 2 unspecified atom stereocenters. The molecule has 1 aromatic carbocycles. The van der Waals surface area contributed by atoms with E-state index < -0.39 is 0 Å². The minimum Gasteiger partial charge on any atom is -0.294 e. The van der Waals surface area contributed by atoms with Crippen LogP contribution in [0.1, 0.15) is 42.1 Å². The van der Waals surface area contributed by atoms with Gasteiger partial charge in [0.05, 0.1) is 0 Å². The molecule has 1 aliphatic carbocycles. The van der Waals surface area contributed by atoms with Crippen LogP contribution in [0.2, 0.25) is 0 Å². The molecule has 0 aromatic heterocycles. The predicted molar refractivity (Wildman–Crippen MR) is 62.0 cm³/mol. The summed E-state index contributed by atoms with van der Waals surface area (Å²) in [5.41, 5.74) is 1.45. The van der Waals surface area contributed by atoms with Gasteiger partial charge in [-0.05, 0) is 43.4 Å². The molecule has 0 bridgehead atoms. The first-order valence-electron chi connectivity index (χ1n) is 5.90. The Kier molecular flexibility index (Phi) is 3.08. The number of Topliss-reactive ketones (excluding diaryl/α,β-unsaturated/α-hetero) is 1. The summed E-state index contributed by atoms with van der Waals surface area (Å²) in [4.78, 5) is 12.3. The Hall–Kier alpha value is -1.18. The molecule has 1 nitrogen and oxygen atoms in total. The summed E-state index contributed by atoms with van der Waals surface area (Å²) in [6.45, 7) is 3.98. The monoisotopic (exact) mass is 220 g/mol. The van der Waals surface area contributed by atoms with Gasteiger partial charge in [0.1, 0.15) is 5.82 Å². The van der Waals surface area contributed by atoms with Crippen molar-refractivity contribution in [2.45, 2.75) is 33.1 Å². The molecule has 2 heteroatoms.